The minimum Gasteiger partial charge on any atom is -0.350 e. The van der Waals surface area contributed by atoms with Crippen LogP contribution < -0.4 is 10.2 Å². The minimum atomic E-state index is -0.877. The zero-order chi connectivity index (χ0) is 10.9. The zero-order valence-corrected chi connectivity index (χ0v) is 9.62. The van der Waals surface area contributed by atoms with Crippen LogP contribution in [0.5, 0.6) is 0 Å². The lowest BCUT2D eigenvalue weighted by molar-refractivity contribution is 0.257. The Kier molecular flexibility index (Phi) is 3.72. The van der Waals surface area contributed by atoms with Crippen molar-refractivity contribution in [1.82, 2.24) is 0 Å². The van der Waals surface area contributed by atoms with Crippen LogP contribution in [0.2, 0.25) is 15.1 Å². The van der Waals surface area contributed by atoms with Crippen molar-refractivity contribution in [3.63, 3.8) is 0 Å². The number of hydrogen-bond acceptors (Lipinski definition) is 1. The number of primary amides is 1. The van der Waals surface area contributed by atoms with Gasteiger partial charge < -0.3 is 5.73 Å². The topological polar surface area (TPSA) is 46.3 Å². The number of benzene rings is 1. The summed E-state index contributed by atoms with van der Waals surface area (Å²) in [5.41, 5.74) is 5.07. The maximum Gasteiger partial charge on any atom is 0.334 e. The number of carbonyl (C=O) groups is 1. The van der Waals surface area contributed by atoms with Crippen LogP contribution >= 0.6 is 46.6 Å². The van der Waals surface area contributed by atoms with Crippen molar-refractivity contribution in [2.24, 2.45) is 5.73 Å². The second-order valence-corrected chi connectivity index (χ2v) is 3.93. The van der Waals surface area contributed by atoms with Gasteiger partial charge in [-0.05, 0) is 12.1 Å². The molecule has 0 aliphatic carbocycles. The molecule has 76 valence electrons. The first-order valence-electron chi connectivity index (χ1n) is 3.33. The molecule has 3 nitrogen and oxygen atoms in total. The minimum absolute atomic E-state index is 0.118. The molecule has 0 saturated heterocycles. The number of amides is 2. The lowest BCUT2D eigenvalue weighted by Crippen LogP contribution is -2.27. The van der Waals surface area contributed by atoms with Crippen LogP contribution in [-0.2, 0) is 0 Å². The standard InChI is InChI=1S/C7H4Cl4N2O/c8-3-1-4(9)6(5(10)2-3)13(11)7(12)14/h1-2H,(H2,12,14). The lowest BCUT2D eigenvalue weighted by atomic mass is 10.3. The average molecular weight is 274 g/mol. The first-order chi connectivity index (χ1) is 6.43. The van der Waals surface area contributed by atoms with Crippen LogP contribution in [0.3, 0.4) is 0 Å². The molecule has 0 aliphatic rings. The molecule has 0 unspecified atom stereocenters. The van der Waals surface area contributed by atoms with Gasteiger partial charge in [0.2, 0.25) is 0 Å². The molecule has 0 saturated carbocycles. The highest BCUT2D eigenvalue weighted by Gasteiger charge is 2.17. The van der Waals surface area contributed by atoms with E-state index in [2.05, 4.69) is 0 Å². The van der Waals surface area contributed by atoms with E-state index in [1.165, 1.54) is 12.1 Å². The normalized spacial score (nSPS) is 10.0. The van der Waals surface area contributed by atoms with Gasteiger partial charge in [-0.25, -0.2) is 9.21 Å². The van der Waals surface area contributed by atoms with Gasteiger partial charge in [0, 0.05) is 16.8 Å². The van der Waals surface area contributed by atoms with E-state index in [1.807, 2.05) is 0 Å². The van der Waals surface area contributed by atoms with Crippen molar-refractivity contribution in [3.05, 3.63) is 27.2 Å². The Morgan fingerprint density at radius 3 is 2.00 bits per heavy atom. The summed E-state index contributed by atoms with van der Waals surface area (Å²) in [6.07, 6.45) is 0. The zero-order valence-electron chi connectivity index (χ0n) is 6.60. The molecule has 1 rings (SSSR count). The van der Waals surface area contributed by atoms with Gasteiger partial charge in [0.25, 0.3) is 0 Å². The smallest absolute Gasteiger partial charge is 0.334 e. The third-order valence-electron chi connectivity index (χ3n) is 1.37. The van der Waals surface area contributed by atoms with E-state index in [9.17, 15) is 4.79 Å². The maximum absolute atomic E-state index is 10.8. The summed E-state index contributed by atoms with van der Waals surface area (Å²) in [5, 5.41) is 0.644. The molecule has 1 aromatic carbocycles. The number of urea groups is 1. The number of nitrogens with two attached hydrogens (primary N) is 1. The van der Waals surface area contributed by atoms with E-state index in [0.717, 1.165) is 0 Å². The Morgan fingerprint density at radius 1 is 1.21 bits per heavy atom. The second-order valence-electron chi connectivity index (χ2n) is 2.34. The molecule has 0 aromatic heterocycles. The largest absolute Gasteiger partial charge is 0.350 e. The Bertz CT molecular complexity index is 359. The van der Waals surface area contributed by atoms with Gasteiger partial charge in [0.05, 0.1) is 10.0 Å². The van der Waals surface area contributed by atoms with Gasteiger partial charge in [-0.2, -0.15) is 0 Å². The van der Waals surface area contributed by atoms with Gasteiger partial charge in [-0.3, -0.25) is 0 Å². The average Bonchev–Trinajstić information content (AvgIpc) is 2.01. The summed E-state index contributed by atoms with van der Waals surface area (Å²) in [6.45, 7) is 0. The Balaban J connectivity index is 3.27. The third-order valence-corrected chi connectivity index (χ3v) is 2.50. The molecular formula is C7H4Cl4N2O. The Morgan fingerprint density at radius 2 is 1.64 bits per heavy atom. The highest BCUT2D eigenvalue weighted by atomic mass is 35.5. The second kappa shape index (κ2) is 4.45. The van der Waals surface area contributed by atoms with Gasteiger partial charge >= 0.3 is 6.03 Å². The number of anilines is 1. The van der Waals surface area contributed by atoms with E-state index in [1.54, 1.807) is 0 Å². The Hall–Kier alpha value is -0.350. The van der Waals surface area contributed by atoms with Crippen molar-refractivity contribution >= 4 is 58.3 Å². The summed E-state index contributed by atoms with van der Waals surface area (Å²) in [5.74, 6) is 0. The van der Waals surface area contributed by atoms with Gasteiger partial charge in [-0.15, -0.1) is 0 Å². The summed E-state index contributed by atoms with van der Waals surface area (Å²) >= 11 is 22.8. The van der Waals surface area contributed by atoms with Crippen LogP contribution in [0.1, 0.15) is 0 Å². The molecule has 0 fully saturated rings. The molecule has 0 spiro atoms. The fourth-order valence-corrected chi connectivity index (χ4v) is 2.09. The van der Waals surface area contributed by atoms with Crippen molar-refractivity contribution < 1.29 is 4.79 Å². The van der Waals surface area contributed by atoms with Crippen LogP contribution in [-0.4, -0.2) is 6.03 Å². The third kappa shape index (κ3) is 2.36. The first kappa shape index (κ1) is 11.7. The summed E-state index contributed by atoms with van der Waals surface area (Å²) < 4.78 is 0.626. The fraction of sp³-hybridized carbons (Fsp3) is 0. The van der Waals surface area contributed by atoms with E-state index in [0.29, 0.717) is 9.44 Å². The molecular weight excluding hydrogens is 270 g/mol. The molecule has 0 bridgehead atoms. The molecule has 2 amide bonds. The SMILES string of the molecule is NC(=O)N(Cl)c1c(Cl)cc(Cl)cc1Cl. The molecule has 14 heavy (non-hydrogen) atoms. The first-order valence-corrected chi connectivity index (χ1v) is 4.80. The summed E-state index contributed by atoms with van der Waals surface area (Å²) in [7, 11) is 0. The Labute approximate surface area is 100 Å². The van der Waals surface area contributed by atoms with Crippen molar-refractivity contribution in [2.45, 2.75) is 0 Å². The van der Waals surface area contributed by atoms with Crippen molar-refractivity contribution in [1.29, 1.82) is 0 Å². The molecule has 0 atom stereocenters. The van der Waals surface area contributed by atoms with E-state index in [4.69, 9.17) is 52.3 Å². The monoisotopic (exact) mass is 272 g/mol. The van der Waals surface area contributed by atoms with Crippen LogP contribution in [0.25, 0.3) is 0 Å². The highest BCUT2D eigenvalue weighted by Crippen LogP contribution is 2.37. The predicted octanol–water partition coefficient (Wildman–Crippen LogP) is 3.69. The molecule has 7 heteroatoms. The van der Waals surface area contributed by atoms with Crippen LogP contribution in [0, 0.1) is 0 Å². The number of hydrogen-bond donors (Lipinski definition) is 1. The highest BCUT2D eigenvalue weighted by molar-refractivity contribution is 6.46. The van der Waals surface area contributed by atoms with Gasteiger partial charge in [-0.1, -0.05) is 34.8 Å². The van der Waals surface area contributed by atoms with E-state index < -0.39 is 6.03 Å². The molecule has 0 aliphatic heterocycles. The number of halogens is 4. The number of carbonyl (C=O) groups excluding carboxylic acids is 1. The van der Waals surface area contributed by atoms with E-state index >= 15 is 0 Å². The van der Waals surface area contributed by atoms with E-state index in [-0.39, 0.29) is 15.7 Å². The predicted molar refractivity (Wildman–Crippen MR) is 59.4 cm³/mol. The van der Waals surface area contributed by atoms with Crippen LogP contribution in [0.4, 0.5) is 10.5 Å². The molecule has 2 N–H and O–H groups in total. The fourth-order valence-electron chi connectivity index (χ4n) is 0.832. The van der Waals surface area contributed by atoms with Gasteiger partial charge in [0.1, 0.15) is 5.69 Å². The molecule has 0 radical (unpaired) electrons. The number of nitrogens with zero attached hydrogens (tertiary/aromatic N) is 1. The van der Waals surface area contributed by atoms with Crippen LogP contribution in [0.15, 0.2) is 12.1 Å². The van der Waals surface area contributed by atoms with Crippen molar-refractivity contribution in [3.8, 4) is 0 Å². The summed E-state index contributed by atoms with van der Waals surface area (Å²) in [6, 6.07) is 1.93. The maximum atomic E-state index is 10.8. The quantitative estimate of drug-likeness (QED) is 0.780. The lowest BCUT2D eigenvalue weighted by Gasteiger charge is -2.14. The molecule has 0 heterocycles. The van der Waals surface area contributed by atoms with Crippen molar-refractivity contribution in [2.75, 3.05) is 4.42 Å². The summed E-state index contributed by atoms with van der Waals surface area (Å²) in [4.78, 5) is 10.8. The van der Waals surface area contributed by atoms with Gasteiger partial charge in [0.15, 0.2) is 0 Å². The molecule has 1 aromatic rings. The number of rotatable bonds is 1.